The number of hydrogen-bond acceptors (Lipinski definition) is 2. The predicted molar refractivity (Wildman–Crippen MR) is 86.0 cm³/mol. The van der Waals surface area contributed by atoms with E-state index in [1.165, 1.54) is 37.1 Å². The van der Waals surface area contributed by atoms with E-state index in [2.05, 4.69) is 46.3 Å². The average molecular weight is 277 g/mol. The van der Waals surface area contributed by atoms with Gasteiger partial charge in [-0.15, -0.1) is 0 Å². The Morgan fingerprint density at radius 3 is 2.57 bits per heavy atom. The number of imidazole rings is 1. The van der Waals surface area contributed by atoms with E-state index in [0.29, 0.717) is 0 Å². The van der Waals surface area contributed by atoms with Crippen LogP contribution < -0.4 is 0 Å². The van der Waals surface area contributed by atoms with E-state index in [0.717, 1.165) is 23.4 Å². The van der Waals surface area contributed by atoms with Crippen molar-refractivity contribution < 1.29 is 0 Å². The fourth-order valence-electron chi connectivity index (χ4n) is 3.15. The van der Waals surface area contributed by atoms with Gasteiger partial charge >= 0.3 is 0 Å². The van der Waals surface area contributed by atoms with Crippen molar-refractivity contribution in [1.29, 1.82) is 0 Å². The summed E-state index contributed by atoms with van der Waals surface area (Å²) in [6.45, 7) is 3.45. The summed E-state index contributed by atoms with van der Waals surface area (Å²) < 4.78 is 0. The lowest BCUT2D eigenvalue weighted by Gasteiger charge is -2.16. The fraction of sp³-hybridized carbons (Fsp3) is 0.278. The van der Waals surface area contributed by atoms with Gasteiger partial charge < -0.3 is 4.98 Å². The molecule has 1 saturated heterocycles. The summed E-state index contributed by atoms with van der Waals surface area (Å²) in [7, 11) is 0. The Kier molecular flexibility index (Phi) is 3.20. The van der Waals surface area contributed by atoms with E-state index >= 15 is 0 Å². The van der Waals surface area contributed by atoms with Gasteiger partial charge in [0.15, 0.2) is 0 Å². The number of benzene rings is 2. The Hall–Kier alpha value is -2.13. The summed E-state index contributed by atoms with van der Waals surface area (Å²) >= 11 is 0. The van der Waals surface area contributed by atoms with Crippen molar-refractivity contribution in [3.8, 4) is 11.4 Å². The molecule has 0 spiro atoms. The van der Waals surface area contributed by atoms with Gasteiger partial charge in [0.05, 0.1) is 11.0 Å². The maximum absolute atomic E-state index is 4.74. The molecule has 1 fully saturated rings. The third kappa shape index (κ3) is 2.45. The predicted octanol–water partition coefficient (Wildman–Crippen LogP) is 3.83. The third-order valence-corrected chi connectivity index (χ3v) is 4.25. The Morgan fingerprint density at radius 2 is 1.71 bits per heavy atom. The summed E-state index contributed by atoms with van der Waals surface area (Å²) in [4.78, 5) is 10.7. The first kappa shape index (κ1) is 12.6. The van der Waals surface area contributed by atoms with Crippen LogP contribution in [0.15, 0.2) is 48.5 Å². The zero-order chi connectivity index (χ0) is 14.1. The van der Waals surface area contributed by atoms with Crippen molar-refractivity contribution in [2.24, 2.45) is 0 Å². The standard InChI is InChI=1S/C18H19N3/c1-2-8-15(14(7-1)13-21-11-5-6-12-21)18-19-16-9-3-4-10-17(16)20-18/h1-4,7-10H,5-6,11-13H2,(H,19,20). The van der Waals surface area contributed by atoms with Crippen LogP contribution in [0.2, 0.25) is 0 Å². The van der Waals surface area contributed by atoms with Crippen molar-refractivity contribution in [2.45, 2.75) is 19.4 Å². The van der Waals surface area contributed by atoms with Crippen molar-refractivity contribution in [2.75, 3.05) is 13.1 Å². The molecule has 4 rings (SSSR count). The van der Waals surface area contributed by atoms with Crippen LogP contribution in [0.1, 0.15) is 18.4 Å². The SMILES string of the molecule is c1ccc(-c2nc3ccccc3[nH]2)c(CN2CCCC2)c1. The van der Waals surface area contributed by atoms with Crippen molar-refractivity contribution in [3.63, 3.8) is 0 Å². The van der Waals surface area contributed by atoms with Gasteiger partial charge in [-0.3, -0.25) is 4.90 Å². The first-order valence-electron chi connectivity index (χ1n) is 7.65. The number of aromatic amines is 1. The largest absolute Gasteiger partial charge is 0.338 e. The Labute approximate surface area is 124 Å². The lowest BCUT2D eigenvalue weighted by Crippen LogP contribution is -2.18. The highest BCUT2D eigenvalue weighted by atomic mass is 15.1. The van der Waals surface area contributed by atoms with E-state index in [9.17, 15) is 0 Å². The highest BCUT2D eigenvalue weighted by Crippen LogP contribution is 2.25. The maximum Gasteiger partial charge on any atom is 0.138 e. The number of likely N-dealkylation sites (tertiary alicyclic amines) is 1. The number of aromatic nitrogens is 2. The minimum atomic E-state index is 0.978. The molecule has 0 radical (unpaired) electrons. The van der Waals surface area contributed by atoms with Crippen molar-refractivity contribution >= 4 is 11.0 Å². The van der Waals surface area contributed by atoms with Crippen LogP contribution in [-0.4, -0.2) is 28.0 Å². The summed E-state index contributed by atoms with van der Waals surface area (Å²) in [5.41, 5.74) is 4.71. The van der Waals surface area contributed by atoms with E-state index in [1.54, 1.807) is 0 Å². The van der Waals surface area contributed by atoms with Crippen LogP contribution in [0.3, 0.4) is 0 Å². The summed E-state index contributed by atoms with van der Waals surface area (Å²) in [6.07, 6.45) is 2.65. The molecule has 1 aromatic heterocycles. The van der Waals surface area contributed by atoms with Crippen LogP contribution >= 0.6 is 0 Å². The number of nitrogens with zero attached hydrogens (tertiary/aromatic N) is 2. The van der Waals surface area contributed by atoms with Gasteiger partial charge in [-0.05, 0) is 43.6 Å². The molecule has 106 valence electrons. The molecule has 0 atom stereocenters. The summed E-state index contributed by atoms with van der Waals surface area (Å²) in [5, 5.41) is 0. The lowest BCUT2D eigenvalue weighted by molar-refractivity contribution is 0.332. The van der Waals surface area contributed by atoms with Crippen LogP contribution in [0, 0.1) is 0 Å². The smallest absolute Gasteiger partial charge is 0.138 e. The van der Waals surface area contributed by atoms with Crippen molar-refractivity contribution in [3.05, 3.63) is 54.1 Å². The molecule has 0 amide bonds. The molecule has 0 bridgehead atoms. The second kappa shape index (κ2) is 5.34. The first-order chi connectivity index (χ1) is 10.4. The van der Waals surface area contributed by atoms with Gasteiger partial charge in [-0.1, -0.05) is 36.4 Å². The van der Waals surface area contributed by atoms with E-state index in [-0.39, 0.29) is 0 Å². The number of H-pyrrole nitrogens is 1. The number of nitrogens with one attached hydrogen (secondary N) is 1. The molecule has 0 saturated carbocycles. The molecular formula is C18H19N3. The molecule has 3 nitrogen and oxygen atoms in total. The molecule has 2 heterocycles. The van der Waals surface area contributed by atoms with Gasteiger partial charge in [0.1, 0.15) is 5.82 Å². The second-order valence-corrected chi connectivity index (χ2v) is 5.74. The lowest BCUT2D eigenvalue weighted by atomic mass is 10.1. The first-order valence-corrected chi connectivity index (χ1v) is 7.65. The number of para-hydroxylation sites is 2. The van der Waals surface area contributed by atoms with Gasteiger partial charge in [0.25, 0.3) is 0 Å². The zero-order valence-electron chi connectivity index (χ0n) is 12.0. The molecule has 3 aromatic rings. The van der Waals surface area contributed by atoms with Crippen LogP contribution in [0.25, 0.3) is 22.4 Å². The molecule has 2 aromatic carbocycles. The zero-order valence-corrected chi connectivity index (χ0v) is 12.0. The quantitative estimate of drug-likeness (QED) is 0.789. The second-order valence-electron chi connectivity index (χ2n) is 5.74. The molecule has 0 unspecified atom stereocenters. The minimum Gasteiger partial charge on any atom is -0.338 e. The summed E-state index contributed by atoms with van der Waals surface area (Å²) in [6, 6.07) is 16.8. The third-order valence-electron chi connectivity index (χ3n) is 4.25. The molecule has 1 aliphatic heterocycles. The van der Waals surface area contributed by atoms with Gasteiger partial charge in [0.2, 0.25) is 0 Å². The Bertz CT molecular complexity index is 721. The molecule has 21 heavy (non-hydrogen) atoms. The Morgan fingerprint density at radius 1 is 0.952 bits per heavy atom. The van der Waals surface area contributed by atoms with Crippen LogP contribution in [-0.2, 0) is 6.54 Å². The molecular weight excluding hydrogens is 258 g/mol. The van der Waals surface area contributed by atoms with E-state index < -0.39 is 0 Å². The molecule has 3 heteroatoms. The van der Waals surface area contributed by atoms with Gasteiger partial charge in [-0.2, -0.15) is 0 Å². The number of fused-ring (bicyclic) bond motifs is 1. The molecule has 1 N–H and O–H groups in total. The van der Waals surface area contributed by atoms with Gasteiger partial charge in [-0.25, -0.2) is 4.98 Å². The van der Waals surface area contributed by atoms with E-state index in [1.807, 2.05) is 12.1 Å². The van der Waals surface area contributed by atoms with Crippen LogP contribution in [0.4, 0.5) is 0 Å². The van der Waals surface area contributed by atoms with Crippen LogP contribution in [0.5, 0.6) is 0 Å². The van der Waals surface area contributed by atoms with Crippen molar-refractivity contribution in [1.82, 2.24) is 14.9 Å². The molecule has 0 aliphatic carbocycles. The Balaban J connectivity index is 1.73. The van der Waals surface area contributed by atoms with E-state index in [4.69, 9.17) is 4.98 Å². The number of rotatable bonds is 3. The highest BCUT2D eigenvalue weighted by molar-refractivity contribution is 5.79. The topological polar surface area (TPSA) is 31.9 Å². The average Bonchev–Trinajstić information content (AvgIpc) is 3.16. The normalized spacial score (nSPS) is 15.8. The van der Waals surface area contributed by atoms with Gasteiger partial charge in [0, 0.05) is 12.1 Å². The number of hydrogen-bond donors (Lipinski definition) is 1. The maximum atomic E-state index is 4.74. The fourth-order valence-corrected chi connectivity index (χ4v) is 3.15. The highest BCUT2D eigenvalue weighted by Gasteiger charge is 2.15. The minimum absolute atomic E-state index is 0.978. The monoisotopic (exact) mass is 277 g/mol. The summed E-state index contributed by atoms with van der Waals surface area (Å²) in [5.74, 6) is 0.978. The molecule has 1 aliphatic rings.